The van der Waals surface area contributed by atoms with E-state index in [1.807, 2.05) is 0 Å². The molecule has 0 amide bonds. The number of carbonyl (C=O) groups is 1. The van der Waals surface area contributed by atoms with Gasteiger partial charge in [-0.25, -0.2) is 0 Å². The second-order valence-electron chi connectivity index (χ2n) is 2.63. The maximum absolute atomic E-state index is 10.1. The first kappa shape index (κ1) is 17.2. The van der Waals surface area contributed by atoms with Gasteiger partial charge >= 0.3 is 51.4 Å². The SMILES string of the molecule is CC(=O)O.CC(C)(C)[O-].[K+]. The summed E-state index contributed by atoms with van der Waals surface area (Å²) in [5.74, 6) is -0.833. The first-order chi connectivity index (χ1) is 3.73. The van der Waals surface area contributed by atoms with Crippen molar-refractivity contribution < 1.29 is 66.4 Å². The van der Waals surface area contributed by atoms with Crippen LogP contribution in [0.1, 0.15) is 27.7 Å². The summed E-state index contributed by atoms with van der Waals surface area (Å²) >= 11 is 0. The third kappa shape index (κ3) is 519. The van der Waals surface area contributed by atoms with Crippen LogP contribution in [-0.2, 0) is 4.79 Å². The topological polar surface area (TPSA) is 60.4 Å². The van der Waals surface area contributed by atoms with E-state index in [4.69, 9.17) is 9.90 Å². The van der Waals surface area contributed by atoms with E-state index in [0.29, 0.717) is 0 Å². The zero-order chi connectivity index (χ0) is 8.08. The molecule has 0 bridgehead atoms. The van der Waals surface area contributed by atoms with Gasteiger partial charge in [0.25, 0.3) is 5.97 Å². The first-order valence-corrected chi connectivity index (χ1v) is 2.63. The fourth-order valence-electron chi connectivity index (χ4n) is 0. The minimum atomic E-state index is -0.833. The van der Waals surface area contributed by atoms with E-state index in [-0.39, 0.29) is 51.4 Å². The molecule has 4 heteroatoms. The van der Waals surface area contributed by atoms with Crippen LogP contribution in [0.3, 0.4) is 0 Å². The van der Waals surface area contributed by atoms with Gasteiger partial charge in [0, 0.05) is 6.92 Å². The Morgan fingerprint density at radius 1 is 1.40 bits per heavy atom. The van der Waals surface area contributed by atoms with Crippen molar-refractivity contribution in [3.8, 4) is 0 Å². The monoisotopic (exact) mass is 172 g/mol. The summed E-state index contributed by atoms with van der Waals surface area (Å²) in [7, 11) is 0. The van der Waals surface area contributed by atoms with Crippen LogP contribution >= 0.6 is 0 Å². The molecule has 56 valence electrons. The molecule has 0 aliphatic heterocycles. The van der Waals surface area contributed by atoms with Gasteiger partial charge in [0.2, 0.25) is 0 Å². The third-order valence-electron chi connectivity index (χ3n) is 0. The van der Waals surface area contributed by atoms with Crippen LogP contribution in [0.5, 0.6) is 0 Å². The number of carboxylic acids is 1. The Labute approximate surface area is 104 Å². The maximum atomic E-state index is 10.1. The quantitative estimate of drug-likeness (QED) is 0.403. The summed E-state index contributed by atoms with van der Waals surface area (Å²) in [4.78, 5) is 9.00. The van der Waals surface area contributed by atoms with Crippen molar-refractivity contribution in [2.45, 2.75) is 33.3 Å². The second kappa shape index (κ2) is 8.17. The number of hydrogen-bond acceptors (Lipinski definition) is 2. The molecule has 0 rings (SSSR count). The van der Waals surface area contributed by atoms with Gasteiger partial charge in [-0.2, -0.15) is 0 Å². The Morgan fingerprint density at radius 2 is 1.40 bits per heavy atom. The minimum Gasteiger partial charge on any atom is -0.850 e. The molecule has 0 aliphatic rings. The molecule has 0 saturated heterocycles. The summed E-state index contributed by atoms with van der Waals surface area (Å²) in [6, 6.07) is 0. The van der Waals surface area contributed by atoms with Crippen molar-refractivity contribution in [3.63, 3.8) is 0 Å². The number of rotatable bonds is 0. The summed E-state index contributed by atoms with van der Waals surface area (Å²) in [6.45, 7) is 5.98. The van der Waals surface area contributed by atoms with Gasteiger partial charge in [-0.15, -0.1) is 5.60 Å². The Morgan fingerprint density at radius 3 is 1.40 bits per heavy atom. The van der Waals surface area contributed by atoms with Crippen molar-refractivity contribution in [2.24, 2.45) is 0 Å². The summed E-state index contributed by atoms with van der Waals surface area (Å²) in [5.41, 5.74) is -0.750. The molecule has 0 fully saturated rings. The molecule has 0 spiro atoms. The molecular formula is C6H13KO3. The van der Waals surface area contributed by atoms with E-state index in [1.54, 1.807) is 20.8 Å². The molecule has 0 radical (unpaired) electrons. The third-order valence-corrected chi connectivity index (χ3v) is 0. The van der Waals surface area contributed by atoms with Crippen LogP contribution in [-0.4, -0.2) is 16.7 Å². The second-order valence-corrected chi connectivity index (χ2v) is 2.63. The Bertz CT molecular complexity index is 75.5. The Kier molecular flexibility index (Phi) is 14.1. The zero-order valence-electron chi connectivity index (χ0n) is 7.26. The predicted molar refractivity (Wildman–Crippen MR) is 33.1 cm³/mol. The Balaban J connectivity index is -0.0000000910. The van der Waals surface area contributed by atoms with E-state index in [2.05, 4.69) is 0 Å². The average molecular weight is 172 g/mol. The van der Waals surface area contributed by atoms with Gasteiger partial charge < -0.3 is 10.2 Å². The zero-order valence-corrected chi connectivity index (χ0v) is 10.4. The number of carboxylic acid groups (broad SMARTS) is 1. The van der Waals surface area contributed by atoms with E-state index in [0.717, 1.165) is 6.92 Å². The van der Waals surface area contributed by atoms with Crippen molar-refractivity contribution in [1.29, 1.82) is 0 Å². The molecule has 0 unspecified atom stereocenters. The predicted octanol–water partition coefficient (Wildman–Crippen LogP) is -2.76. The van der Waals surface area contributed by atoms with Crippen molar-refractivity contribution >= 4 is 5.97 Å². The van der Waals surface area contributed by atoms with Gasteiger partial charge in [0.15, 0.2) is 0 Å². The van der Waals surface area contributed by atoms with Gasteiger partial charge in [-0.05, 0) is 0 Å². The van der Waals surface area contributed by atoms with E-state index >= 15 is 0 Å². The summed E-state index contributed by atoms with van der Waals surface area (Å²) in [6.07, 6.45) is 0. The molecule has 0 aromatic heterocycles. The maximum Gasteiger partial charge on any atom is 1.00 e. The van der Waals surface area contributed by atoms with Crippen LogP contribution in [0.2, 0.25) is 0 Å². The van der Waals surface area contributed by atoms with Gasteiger partial charge in [0.1, 0.15) is 0 Å². The first-order valence-electron chi connectivity index (χ1n) is 2.63. The summed E-state index contributed by atoms with van der Waals surface area (Å²) < 4.78 is 0. The van der Waals surface area contributed by atoms with Gasteiger partial charge in [-0.3, -0.25) is 4.79 Å². The smallest absolute Gasteiger partial charge is 0.850 e. The van der Waals surface area contributed by atoms with Gasteiger partial charge in [0.05, 0.1) is 0 Å². The van der Waals surface area contributed by atoms with Crippen molar-refractivity contribution in [1.82, 2.24) is 0 Å². The molecular weight excluding hydrogens is 159 g/mol. The standard InChI is InChI=1S/C4H9O.C2H4O2.K/c1-4(2,3)5;1-2(3)4;/h1-3H3;1H3,(H,3,4);/q-1;;+1. The molecule has 0 atom stereocenters. The van der Waals surface area contributed by atoms with Crippen molar-refractivity contribution in [2.75, 3.05) is 0 Å². The molecule has 0 aromatic carbocycles. The van der Waals surface area contributed by atoms with Crippen LogP contribution in [0.25, 0.3) is 0 Å². The minimum absolute atomic E-state index is 0. The fourth-order valence-corrected chi connectivity index (χ4v) is 0. The van der Waals surface area contributed by atoms with Crippen molar-refractivity contribution in [3.05, 3.63) is 0 Å². The van der Waals surface area contributed by atoms with Crippen LogP contribution in [0.15, 0.2) is 0 Å². The van der Waals surface area contributed by atoms with Crippen LogP contribution in [0.4, 0.5) is 0 Å². The fraction of sp³-hybridized carbons (Fsp3) is 0.833. The molecule has 1 N–H and O–H groups in total. The summed E-state index contributed by atoms with van der Waals surface area (Å²) in [5, 5.41) is 17.5. The molecule has 0 heterocycles. The average Bonchev–Trinajstić information content (AvgIpc) is 1.19. The molecule has 0 aromatic rings. The molecule has 10 heavy (non-hydrogen) atoms. The van der Waals surface area contributed by atoms with E-state index < -0.39 is 11.6 Å². The van der Waals surface area contributed by atoms with Crippen LogP contribution in [0, 0.1) is 0 Å². The van der Waals surface area contributed by atoms with E-state index in [9.17, 15) is 5.11 Å². The molecule has 0 saturated carbocycles. The number of hydrogen-bond donors (Lipinski definition) is 1. The van der Waals surface area contributed by atoms with Gasteiger partial charge in [-0.1, -0.05) is 20.8 Å². The molecule has 0 aliphatic carbocycles. The normalized spacial score (nSPS) is 8.50. The Hall–Kier alpha value is 1.07. The largest absolute Gasteiger partial charge is 1.00 e. The molecule has 3 nitrogen and oxygen atoms in total. The van der Waals surface area contributed by atoms with Crippen LogP contribution < -0.4 is 56.5 Å². The van der Waals surface area contributed by atoms with E-state index in [1.165, 1.54) is 0 Å². The number of aliphatic carboxylic acids is 1.